The highest BCUT2D eigenvalue weighted by atomic mass is 32.1. The summed E-state index contributed by atoms with van der Waals surface area (Å²) in [5.74, 6) is -0.290. The van der Waals surface area contributed by atoms with Crippen molar-refractivity contribution in [2.75, 3.05) is 44.2 Å². The second kappa shape index (κ2) is 8.43. The number of carbonyl (C=O) groups is 1. The molecule has 0 spiro atoms. The van der Waals surface area contributed by atoms with E-state index in [2.05, 4.69) is 20.1 Å². The van der Waals surface area contributed by atoms with Crippen molar-refractivity contribution in [3.8, 4) is 0 Å². The van der Waals surface area contributed by atoms with Crippen LogP contribution in [-0.2, 0) is 0 Å². The van der Waals surface area contributed by atoms with Crippen LogP contribution in [0.25, 0.3) is 26.1 Å². The minimum absolute atomic E-state index is 0.217. The fourth-order valence-electron chi connectivity index (χ4n) is 5.25. The Hall–Kier alpha value is -2.97. The van der Waals surface area contributed by atoms with Crippen LogP contribution < -0.4 is 15.6 Å². The minimum atomic E-state index is -0.290. The van der Waals surface area contributed by atoms with E-state index >= 15 is 0 Å². The summed E-state index contributed by atoms with van der Waals surface area (Å²) in [4.78, 5) is 37.3. The van der Waals surface area contributed by atoms with Gasteiger partial charge in [-0.25, -0.2) is 4.98 Å². The van der Waals surface area contributed by atoms with Crippen molar-refractivity contribution in [1.29, 1.82) is 0 Å². The number of nitrogens with zero attached hydrogens (tertiary/aromatic N) is 4. The van der Waals surface area contributed by atoms with Crippen LogP contribution in [0, 0.1) is 0 Å². The Labute approximate surface area is 195 Å². The highest BCUT2D eigenvalue weighted by Gasteiger charge is 2.26. The Morgan fingerprint density at radius 1 is 1.03 bits per heavy atom. The average molecular weight is 462 g/mol. The summed E-state index contributed by atoms with van der Waals surface area (Å²) in [6, 6.07) is 9.95. The summed E-state index contributed by atoms with van der Waals surface area (Å²) in [5.41, 5.74) is 2.51. The molecule has 8 heteroatoms. The predicted octanol–water partition coefficient (Wildman–Crippen LogP) is 3.49. The molecule has 1 aromatic carbocycles. The number of nitrogens with one attached hydrogen (secondary N) is 1. The van der Waals surface area contributed by atoms with E-state index in [9.17, 15) is 9.59 Å². The van der Waals surface area contributed by atoms with Crippen molar-refractivity contribution < 1.29 is 4.79 Å². The number of hydrogen-bond donors (Lipinski definition) is 1. The van der Waals surface area contributed by atoms with Crippen molar-refractivity contribution in [3.63, 3.8) is 0 Å². The lowest BCUT2D eigenvalue weighted by Crippen LogP contribution is -2.36. The lowest BCUT2D eigenvalue weighted by atomic mass is 10.1. The van der Waals surface area contributed by atoms with Crippen molar-refractivity contribution in [3.05, 3.63) is 52.3 Å². The number of thiazole rings is 1. The molecule has 3 aromatic heterocycles. The van der Waals surface area contributed by atoms with Crippen LogP contribution >= 0.6 is 11.3 Å². The number of likely N-dealkylation sites (tertiary alicyclic amines) is 1. The molecule has 0 unspecified atom stereocenters. The number of hydrogen-bond acceptors (Lipinski definition) is 6. The first kappa shape index (κ1) is 20.6. The first-order valence-electron chi connectivity index (χ1n) is 11.8. The van der Waals surface area contributed by atoms with Crippen molar-refractivity contribution in [1.82, 2.24) is 19.6 Å². The maximum atomic E-state index is 13.9. The number of anilines is 1. The van der Waals surface area contributed by atoms with Crippen molar-refractivity contribution in [2.24, 2.45) is 0 Å². The van der Waals surface area contributed by atoms with Crippen LogP contribution in [0.4, 0.5) is 5.69 Å². The molecule has 2 fully saturated rings. The van der Waals surface area contributed by atoms with Crippen LogP contribution in [0.15, 0.2) is 41.3 Å². The number of amides is 1. The zero-order valence-electron chi connectivity index (χ0n) is 18.5. The quantitative estimate of drug-likeness (QED) is 0.493. The summed E-state index contributed by atoms with van der Waals surface area (Å²) in [6.45, 7) is 5.36. The number of carbonyl (C=O) groups excluding carboxylic acids is 1. The van der Waals surface area contributed by atoms with Gasteiger partial charge in [-0.3, -0.25) is 14.0 Å². The molecule has 1 amide bonds. The normalized spacial score (nSPS) is 17.0. The molecule has 0 radical (unpaired) electrons. The summed E-state index contributed by atoms with van der Waals surface area (Å²) in [5, 5.41) is 3.58. The van der Waals surface area contributed by atoms with E-state index in [0.29, 0.717) is 22.4 Å². The number of rotatable bonds is 5. The Morgan fingerprint density at radius 3 is 2.61 bits per heavy atom. The van der Waals surface area contributed by atoms with E-state index in [1.54, 1.807) is 6.20 Å². The molecule has 1 N–H and O–H groups in total. The van der Waals surface area contributed by atoms with E-state index in [4.69, 9.17) is 0 Å². The molecule has 2 saturated heterocycles. The zero-order valence-corrected chi connectivity index (χ0v) is 19.4. The molecular formula is C25H27N5O2S. The third kappa shape index (κ3) is 3.48. The first-order valence-corrected chi connectivity index (χ1v) is 12.6. The fourth-order valence-corrected chi connectivity index (χ4v) is 6.44. The topological polar surface area (TPSA) is 70.0 Å². The van der Waals surface area contributed by atoms with Gasteiger partial charge in [-0.15, -0.1) is 11.3 Å². The van der Waals surface area contributed by atoms with Crippen LogP contribution in [-0.4, -0.2) is 59.5 Å². The van der Waals surface area contributed by atoms with Gasteiger partial charge < -0.3 is 15.1 Å². The fraction of sp³-hybridized carbons (Fsp3) is 0.400. The molecule has 2 aliphatic rings. The van der Waals surface area contributed by atoms with Gasteiger partial charge in [0.25, 0.3) is 5.91 Å². The molecule has 2 aliphatic heterocycles. The van der Waals surface area contributed by atoms with Gasteiger partial charge in [0.2, 0.25) is 5.43 Å². The third-order valence-electron chi connectivity index (χ3n) is 6.89. The largest absolute Gasteiger partial charge is 0.371 e. The molecule has 0 aliphatic carbocycles. The molecule has 0 saturated carbocycles. The number of fused-ring (bicyclic) bond motifs is 5. The predicted molar refractivity (Wildman–Crippen MR) is 134 cm³/mol. The highest BCUT2D eigenvalue weighted by molar-refractivity contribution is 7.24. The average Bonchev–Trinajstić information content (AvgIpc) is 3.59. The molecule has 170 valence electrons. The Kier molecular flexibility index (Phi) is 5.27. The van der Waals surface area contributed by atoms with E-state index < -0.39 is 0 Å². The lowest BCUT2D eigenvalue weighted by Gasteiger charge is -2.20. The van der Waals surface area contributed by atoms with Crippen LogP contribution in [0.1, 0.15) is 36.0 Å². The number of aromatic nitrogens is 2. The SMILES string of the molecule is O=C(NCCN1CCCC1)c1c(=O)c2c(N3CCCC3)ccnc2n2c1sc1ccccc12. The maximum Gasteiger partial charge on any atom is 0.258 e. The standard InChI is InChI=1S/C25H27N5O2S/c31-22-20-18(29-14-5-6-15-29)9-10-26-23(20)30-17-7-1-2-8-19(17)33-25(30)21(22)24(32)27-11-16-28-12-3-4-13-28/h1-2,7-10H,3-6,11-16H2,(H,27,32). The van der Waals surface area contributed by atoms with Gasteiger partial charge >= 0.3 is 0 Å². The summed E-state index contributed by atoms with van der Waals surface area (Å²) >= 11 is 1.48. The second-order valence-electron chi connectivity index (χ2n) is 8.94. The van der Waals surface area contributed by atoms with E-state index in [0.717, 1.165) is 61.5 Å². The molecule has 5 heterocycles. The first-order chi connectivity index (χ1) is 16.2. The summed E-state index contributed by atoms with van der Waals surface area (Å²) in [7, 11) is 0. The second-order valence-corrected chi connectivity index (χ2v) is 9.97. The van der Waals surface area contributed by atoms with Gasteiger partial charge in [0.05, 0.1) is 21.3 Å². The van der Waals surface area contributed by atoms with Crippen LogP contribution in [0.3, 0.4) is 0 Å². The summed E-state index contributed by atoms with van der Waals surface area (Å²) < 4.78 is 3.04. The minimum Gasteiger partial charge on any atom is -0.371 e. The van der Waals surface area contributed by atoms with Gasteiger partial charge in [-0.1, -0.05) is 12.1 Å². The molecule has 0 atom stereocenters. The Morgan fingerprint density at radius 2 is 1.79 bits per heavy atom. The number of para-hydroxylation sites is 1. The van der Waals surface area contributed by atoms with Crippen molar-refractivity contribution in [2.45, 2.75) is 25.7 Å². The zero-order chi connectivity index (χ0) is 22.4. The number of benzene rings is 1. The monoisotopic (exact) mass is 461 g/mol. The van der Waals surface area contributed by atoms with Crippen LogP contribution in [0.5, 0.6) is 0 Å². The molecule has 33 heavy (non-hydrogen) atoms. The smallest absolute Gasteiger partial charge is 0.258 e. The molecular weight excluding hydrogens is 434 g/mol. The van der Waals surface area contributed by atoms with E-state index in [1.165, 1.54) is 24.2 Å². The number of pyridine rings is 2. The van der Waals surface area contributed by atoms with E-state index in [-0.39, 0.29) is 16.9 Å². The Balaban J connectivity index is 1.53. The van der Waals surface area contributed by atoms with Crippen LogP contribution in [0.2, 0.25) is 0 Å². The van der Waals surface area contributed by atoms with Gasteiger partial charge in [0, 0.05) is 32.4 Å². The van der Waals surface area contributed by atoms with Gasteiger partial charge in [0.15, 0.2) is 5.65 Å². The lowest BCUT2D eigenvalue weighted by molar-refractivity contribution is 0.0950. The highest BCUT2D eigenvalue weighted by Crippen LogP contribution is 2.33. The Bertz CT molecular complexity index is 1410. The van der Waals surface area contributed by atoms with Gasteiger partial charge in [0.1, 0.15) is 10.4 Å². The molecule has 4 aromatic rings. The molecule has 0 bridgehead atoms. The maximum absolute atomic E-state index is 13.9. The molecule has 7 nitrogen and oxygen atoms in total. The molecule has 6 rings (SSSR count). The third-order valence-corrected chi connectivity index (χ3v) is 8.04. The van der Waals surface area contributed by atoms with Gasteiger partial charge in [-0.2, -0.15) is 0 Å². The summed E-state index contributed by atoms with van der Waals surface area (Å²) in [6.07, 6.45) is 6.44. The van der Waals surface area contributed by atoms with Gasteiger partial charge in [-0.05, 0) is 57.0 Å². The van der Waals surface area contributed by atoms with E-state index in [1.807, 2.05) is 34.7 Å². The van der Waals surface area contributed by atoms with Crippen molar-refractivity contribution >= 4 is 49.0 Å².